The molecule has 1 atom stereocenters. The molecule has 3 nitrogen and oxygen atoms in total. The number of carbonyl (C=O) groups excluding carboxylic acids is 1. The van der Waals surface area contributed by atoms with E-state index in [0.717, 1.165) is 19.5 Å². The predicted octanol–water partition coefficient (Wildman–Crippen LogP) is 0.778. The number of carbonyl (C=O) groups is 1. The average molecular weight is 205 g/mol. The minimum Gasteiger partial charge on any atom is -0.340 e. The molecular formula is C9H17ClN2O. The van der Waals surface area contributed by atoms with Gasteiger partial charge in [-0.15, -0.1) is 11.6 Å². The average Bonchev–Trinajstić information content (AvgIpc) is 2.17. The van der Waals surface area contributed by atoms with Crippen LogP contribution in [-0.2, 0) is 4.79 Å². The van der Waals surface area contributed by atoms with Gasteiger partial charge < -0.3 is 9.80 Å². The van der Waals surface area contributed by atoms with E-state index in [1.54, 1.807) is 0 Å². The van der Waals surface area contributed by atoms with Crippen LogP contribution in [0.5, 0.6) is 0 Å². The van der Waals surface area contributed by atoms with Gasteiger partial charge in [0.1, 0.15) is 5.88 Å². The minimum atomic E-state index is 0.0632. The van der Waals surface area contributed by atoms with E-state index in [1.807, 2.05) is 4.90 Å². The molecular weight excluding hydrogens is 188 g/mol. The van der Waals surface area contributed by atoms with Gasteiger partial charge in [0.2, 0.25) is 5.91 Å². The molecule has 1 aliphatic heterocycles. The Labute approximate surface area is 84.6 Å². The Morgan fingerprint density at radius 3 is 2.85 bits per heavy atom. The largest absolute Gasteiger partial charge is 0.340 e. The molecule has 4 heteroatoms. The van der Waals surface area contributed by atoms with Crippen molar-refractivity contribution in [2.75, 3.05) is 33.1 Å². The highest BCUT2D eigenvalue weighted by atomic mass is 35.5. The lowest BCUT2D eigenvalue weighted by atomic mass is 10.1. The second-order valence-corrected chi connectivity index (χ2v) is 4.00. The standard InChI is InChI=1S/C9H17ClN2O/c1-11(2)8-4-3-5-12(7-8)9(13)6-10/h8H,3-7H2,1-2H3/t8-/m1/s1. The number of hydrogen-bond acceptors (Lipinski definition) is 2. The maximum Gasteiger partial charge on any atom is 0.237 e. The monoisotopic (exact) mass is 204 g/mol. The van der Waals surface area contributed by atoms with Crippen LogP contribution in [-0.4, -0.2) is 54.8 Å². The van der Waals surface area contributed by atoms with Gasteiger partial charge in [0.15, 0.2) is 0 Å². The molecule has 1 saturated heterocycles. The van der Waals surface area contributed by atoms with Gasteiger partial charge in [-0.3, -0.25) is 4.79 Å². The third kappa shape index (κ3) is 2.85. The van der Waals surface area contributed by atoms with Crippen molar-refractivity contribution in [1.82, 2.24) is 9.80 Å². The summed E-state index contributed by atoms with van der Waals surface area (Å²) in [6.07, 6.45) is 2.27. The third-order valence-corrected chi connectivity index (χ3v) is 2.82. The highest BCUT2D eigenvalue weighted by Gasteiger charge is 2.23. The van der Waals surface area contributed by atoms with Gasteiger partial charge in [0, 0.05) is 19.1 Å². The second-order valence-electron chi connectivity index (χ2n) is 3.73. The molecule has 0 unspecified atom stereocenters. The van der Waals surface area contributed by atoms with Gasteiger partial charge >= 0.3 is 0 Å². The summed E-state index contributed by atoms with van der Waals surface area (Å²) < 4.78 is 0. The van der Waals surface area contributed by atoms with Crippen molar-refractivity contribution in [2.24, 2.45) is 0 Å². The van der Waals surface area contributed by atoms with E-state index in [2.05, 4.69) is 19.0 Å². The molecule has 13 heavy (non-hydrogen) atoms. The zero-order valence-electron chi connectivity index (χ0n) is 8.29. The fourth-order valence-electron chi connectivity index (χ4n) is 1.69. The topological polar surface area (TPSA) is 23.6 Å². The van der Waals surface area contributed by atoms with Crippen molar-refractivity contribution in [3.63, 3.8) is 0 Å². The Balaban J connectivity index is 2.46. The quantitative estimate of drug-likeness (QED) is 0.621. The Morgan fingerprint density at radius 1 is 1.62 bits per heavy atom. The van der Waals surface area contributed by atoms with Crippen LogP contribution in [0.3, 0.4) is 0 Å². The number of piperidine rings is 1. The number of alkyl halides is 1. The fourth-order valence-corrected chi connectivity index (χ4v) is 1.86. The van der Waals surface area contributed by atoms with Gasteiger partial charge in [-0.2, -0.15) is 0 Å². The van der Waals surface area contributed by atoms with Crippen LogP contribution < -0.4 is 0 Å². The zero-order valence-corrected chi connectivity index (χ0v) is 9.05. The lowest BCUT2D eigenvalue weighted by Gasteiger charge is -2.35. The van der Waals surface area contributed by atoms with Crippen LogP contribution in [0, 0.1) is 0 Å². The number of hydrogen-bond donors (Lipinski definition) is 0. The van der Waals surface area contributed by atoms with Gasteiger partial charge in [-0.1, -0.05) is 0 Å². The number of amides is 1. The molecule has 1 amide bonds. The van der Waals surface area contributed by atoms with Gasteiger partial charge in [0.05, 0.1) is 0 Å². The van der Waals surface area contributed by atoms with Crippen molar-refractivity contribution in [3.8, 4) is 0 Å². The van der Waals surface area contributed by atoms with Gasteiger partial charge in [-0.05, 0) is 26.9 Å². The van der Waals surface area contributed by atoms with Crippen LogP contribution in [0.15, 0.2) is 0 Å². The first kappa shape index (κ1) is 10.8. The Bertz CT molecular complexity index is 184. The first-order valence-corrected chi connectivity index (χ1v) is 5.18. The number of halogens is 1. The van der Waals surface area contributed by atoms with Crippen molar-refractivity contribution in [1.29, 1.82) is 0 Å². The molecule has 1 rings (SSSR count). The molecule has 0 N–H and O–H groups in total. The van der Waals surface area contributed by atoms with E-state index in [9.17, 15) is 4.79 Å². The smallest absolute Gasteiger partial charge is 0.237 e. The van der Waals surface area contributed by atoms with Crippen LogP contribution in [0.4, 0.5) is 0 Å². The van der Waals surface area contributed by atoms with Crippen molar-refractivity contribution >= 4 is 17.5 Å². The molecule has 0 radical (unpaired) electrons. The molecule has 0 bridgehead atoms. The molecule has 1 fully saturated rings. The zero-order chi connectivity index (χ0) is 9.84. The maximum absolute atomic E-state index is 11.3. The summed E-state index contributed by atoms with van der Waals surface area (Å²) in [6.45, 7) is 1.70. The summed E-state index contributed by atoms with van der Waals surface area (Å²) in [5, 5.41) is 0. The second kappa shape index (κ2) is 4.82. The van der Waals surface area contributed by atoms with E-state index in [0.29, 0.717) is 6.04 Å². The lowest BCUT2D eigenvalue weighted by Crippen LogP contribution is -2.47. The molecule has 0 aromatic carbocycles. The fraction of sp³-hybridized carbons (Fsp3) is 0.889. The first-order valence-electron chi connectivity index (χ1n) is 4.65. The summed E-state index contributed by atoms with van der Waals surface area (Å²) in [6, 6.07) is 0.501. The normalized spacial score (nSPS) is 23.7. The van der Waals surface area contributed by atoms with Crippen molar-refractivity contribution in [3.05, 3.63) is 0 Å². The van der Waals surface area contributed by atoms with Gasteiger partial charge in [0.25, 0.3) is 0 Å². The molecule has 1 aliphatic rings. The maximum atomic E-state index is 11.3. The molecule has 0 saturated carbocycles. The number of rotatable bonds is 2. The SMILES string of the molecule is CN(C)[C@@H]1CCCN(C(=O)CCl)C1. The molecule has 76 valence electrons. The Kier molecular flexibility index (Phi) is 4.00. The summed E-state index contributed by atoms with van der Waals surface area (Å²) in [4.78, 5) is 15.3. The number of likely N-dealkylation sites (N-methyl/N-ethyl adjacent to an activating group) is 1. The van der Waals surface area contributed by atoms with Crippen LogP contribution in [0.25, 0.3) is 0 Å². The minimum absolute atomic E-state index is 0.0632. The number of likely N-dealkylation sites (tertiary alicyclic amines) is 1. The first-order chi connectivity index (χ1) is 6.15. The Hall–Kier alpha value is -0.280. The molecule has 0 aromatic rings. The van der Waals surface area contributed by atoms with Crippen LogP contribution in [0.2, 0.25) is 0 Å². The third-order valence-electron chi connectivity index (χ3n) is 2.59. The summed E-state index contributed by atoms with van der Waals surface area (Å²) in [7, 11) is 4.11. The molecule has 0 spiro atoms. The highest BCUT2D eigenvalue weighted by molar-refractivity contribution is 6.27. The summed E-state index contributed by atoms with van der Waals surface area (Å²) >= 11 is 5.51. The number of nitrogens with zero attached hydrogens (tertiary/aromatic N) is 2. The highest BCUT2D eigenvalue weighted by Crippen LogP contribution is 2.13. The predicted molar refractivity (Wildman–Crippen MR) is 54.0 cm³/mol. The molecule has 0 aromatic heterocycles. The van der Waals surface area contributed by atoms with E-state index in [4.69, 9.17) is 11.6 Å². The van der Waals surface area contributed by atoms with Crippen molar-refractivity contribution in [2.45, 2.75) is 18.9 Å². The summed E-state index contributed by atoms with van der Waals surface area (Å²) in [5.41, 5.74) is 0. The summed E-state index contributed by atoms with van der Waals surface area (Å²) in [5.74, 6) is 0.174. The van der Waals surface area contributed by atoms with E-state index >= 15 is 0 Å². The molecule has 0 aliphatic carbocycles. The van der Waals surface area contributed by atoms with E-state index in [1.165, 1.54) is 6.42 Å². The molecule has 1 heterocycles. The lowest BCUT2D eigenvalue weighted by molar-refractivity contribution is -0.130. The van der Waals surface area contributed by atoms with E-state index in [-0.39, 0.29) is 11.8 Å². The Morgan fingerprint density at radius 2 is 2.31 bits per heavy atom. The van der Waals surface area contributed by atoms with Gasteiger partial charge in [-0.25, -0.2) is 0 Å². The van der Waals surface area contributed by atoms with Crippen LogP contribution >= 0.6 is 11.6 Å². The van der Waals surface area contributed by atoms with E-state index < -0.39 is 0 Å². The van der Waals surface area contributed by atoms with Crippen LogP contribution in [0.1, 0.15) is 12.8 Å². The van der Waals surface area contributed by atoms with Crippen molar-refractivity contribution < 1.29 is 4.79 Å².